The van der Waals surface area contributed by atoms with Crippen molar-refractivity contribution in [3.8, 4) is 0 Å². The van der Waals surface area contributed by atoms with Crippen LogP contribution in [-0.2, 0) is 4.79 Å². The Balaban J connectivity index is 1.29. The number of hydrogen-bond donors (Lipinski definition) is 2. The van der Waals surface area contributed by atoms with Crippen molar-refractivity contribution in [3.63, 3.8) is 0 Å². The summed E-state index contributed by atoms with van der Waals surface area (Å²) in [5.74, 6) is 0.0720. The lowest BCUT2D eigenvalue weighted by molar-refractivity contribution is -0.118. The molecule has 0 unspecified atom stereocenters. The molecule has 25 heavy (non-hydrogen) atoms. The van der Waals surface area contributed by atoms with Gasteiger partial charge in [0.05, 0.1) is 11.9 Å². The van der Waals surface area contributed by atoms with Crippen molar-refractivity contribution in [3.05, 3.63) is 24.5 Å². The van der Waals surface area contributed by atoms with E-state index >= 15 is 0 Å². The number of aromatic nitrogens is 1. The Morgan fingerprint density at radius 2 is 2.08 bits per heavy atom. The summed E-state index contributed by atoms with van der Waals surface area (Å²) in [4.78, 5) is 30.9. The molecule has 1 aromatic rings. The lowest BCUT2D eigenvalue weighted by Crippen LogP contribution is -2.44. The van der Waals surface area contributed by atoms with E-state index in [0.29, 0.717) is 12.6 Å². The largest absolute Gasteiger partial charge is 0.335 e. The van der Waals surface area contributed by atoms with Crippen LogP contribution in [0.3, 0.4) is 0 Å². The molecule has 3 aliphatic rings. The van der Waals surface area contributed by atoms with Crippen molar-refractivity contribution < 1.29 is 9.59 Å². The predicted octanol–water partition coefficient (Wildman–Crippen LogP) is 2.77. The molecule has 134 valence electrons. The van der Waals surface area contributed by atoms with Gasteiger partial charge in [-0.15, -0.1) is 0 Å². The molecule has 1 spiro atoms. The van der Waals surface area contributed by atoms with E-state index in [4.69, 9.17) is 0 Å². The third-order valence-corrected chi connectivity index (χ3v) is 6.04. The summed E-state index contributed by atoms with van der Waals surface area (Å²) in [5, 5.41) is 6.13. The molecule has 3 amide bonds. The highest BCUT2D eigenvalue weighted by atomic mass is 16.2. The number of nitrogens with zero attached hydrogens (tertiary/aromatic N) is 2. The zero-order chi connectivity index (χ0) is 17.3. The molecule has 3 fully saturated rings. The summed E-state index contributed by atoms with van der Waals surface area (Å²) in [6.07, 6.45) is 11.1. The summed E-state index contributed by atoms with van der Waals surface area (Å²) in [6, 6.07) is 4.05. The van der Waals surface area contributed by atoms with E-state index in [1.54, 1.807) is 12.4 Å². The van der Waals surface area contributed by atoms with Crippen LogP contribution in [-0.4, -0.2) is 41.0 Å². The molecule has 6 heteroatoms. The Hall–Kier alpha value is -2.11. The fourth-order valence-corrected chi connectivity index (χ4v) is 4.42. The molecule has 2 N–H and O–H groups in total. The van der Waals surface area contributed by atoms with Gasteiger partial charge in [-0.3, -0.25) is 9.78 Å². The van der Waals surface area contributed by atoms with Crippen molar-refractivity contribution in [1.82, 2.24) is 15.2 Å². The predicted molar refractivity (Wildman–Crippen MR) is 95.0 cm³/mol. The fourth-order valence-electron chi connectivity index (χ4n) is 4.42. The SMILES string of the molecule is O=C(Nc1cccnc1)[C@@H]1C[C@@]12CCN(C(=O)NC1CCCCC1)C2. The molecule has 6 nitrogen and oxygen atoms in total. The Morgan fingerprint density at radius 1 is 1.24 bits per heavy atom. The second kappa shape index (κ2) is 6.65. The highest BCUT2D eigenvalue weighted by Crippen LogP contribution is 2.58. The Labute approximate surface area is 148 Å². The number of rotatable bonds is 3. The lowest BCUT2D eigenvalue weighted by atomic mass is 9.96. The van der Waals surface area contributed by atoms with Gasteiger partial charge in [-0.05, 0) is 37.8 Å². The van der Waals surface area contributed by atoms with E-state index in [1.807, 2.05) is 17.0 Å². The minimum atomic E-state index is -0.00377. The van der Waals surface area contributed by atoms with Gasteiger partial charge in [0.1, 0.15) is 0 Å². The van der Waals surface area contributed by atoms with Crippen LogP contribution < -0.4 is 10.6 Å². The maximum Gasteiger partial charge on any atom is 0.317 e. The van der Waals surface area contributed by atoms with Crippen molar-refractivity contribution >= 4 is 17.6 Å². The molecule has 2 saturated carbocycles. The van der Waals surface area contributed by atoms with E-state index in [2.05, 4.69) is 15.6 Å². The molecular formula is C19H26N4O2. The molecule has 2 heterocycles. The van der Waals surface area contributed by atoms with Crippen molar-refractivity contribution in [1.29, 1.82) is 0 Å². The molecule has 0 radical (unpaired) electrons. The standard InChI is InChI=1S/C19H26N4O2/c24-17(21-15-7-4-9-20-12-15)16-11-19(16)8-10-23(13-19)18(25)22-14-5-2-1-3-6-14/h4,7,9,12,14,16H,1-3,5-6,8,10-11,13H2,(H,21,24)(H,22,25)/t16-,19+/m0/s1. The van der Waals surface area contributed by atoms with Crippen LogP contribution >= 0.6 is 0 Å². The number of urea groups is 1. The Bertz CT molecular complexity index is 644. The monoisotopic (exact) mass is 342 g/mol. The number of pyridine rings is 1. The number of amides is 3. The van der Waals surface area contributed by atoms with Crippen LogP contribution in [0.4, 0.5) is 10.5 Å². The van der Waals surface area contributed by atoms with E-state index < -0.39 is 0 Å². The van der Waals surface area contributed by atoms with Gasteiger partial charge in [-0.2, -0.15) is 0 Å². The van der Waals surface area contributed by atoms with Crippen LogP contribution in [0.2, 0.25) is 0 Å². The van der Waals surface area contributed by atoms with Gasteiger partial charge in [-0.1, -0.05) is 19.3 Å². The van der Waals surface area contributed by atoms with Crippen LogP contribution in [0, 0.1) is 11.3 Å². The van der Waals surface area contributed by atoms with Crippen molar-refractivity contribution in [2.45, 2.75) is 51.0 Å². The first kappa shape index (κ1) is 16.4. The minimum Gasteiger partial charge on any atom is -0.335 e. The van der Waals surface area contributed by atoms with Gasteiger partial charge in [0.25, 0.3) is 0 Å². The molecule has 1 saturated heterocycles. The average molecular weight is 342 g/mol. The molecule has 1 aliphatic heterocycles. The number of anilines is 1. The Morgan fingerprint density at radius 3 is 2.84 bits per heavy atom. The molecule has 0 aromatic carbocycles. The van der Waals surface area contributed by atoms with E-state index in [0.717, 1.165) is 37.9 Å². The van der Waals surface area contributed by atoms with Crippen LogP contribution in [0.5, 0.6) is 0 Å². The van der Waals surface area contributed by atoms with Gasteiger partial charge in [-0.25, -0.2) is 4.79 Å². The maximum absolute atomic E-state index is 12.5. The number of nitrogens with one attached hydrogen (secondary N) is 2. The average Bonchev–Trinajstić information content (AvgIpc) is 3.17. The van der Waals surface area contributed by atoms with Gasteiger partial charge in [0, 0.05) is 36.7 Å². The molecule has 4 rings (SSSR count). The second-order valence-corrected chi connectivity index (χ2v) is 7.81. The minimum absolute atomic E-state index is 0.00377. The quantitative estimate of drug-likeness (QED) is 0.887. The molecule has 1 aromatic heterocycles. The van der Waals surface area contributed by atoms with Crippen LogP contribution in [0.25, 0.3) is 0 Å². The molecule has 2 aliphatic carbocycles. The summed E-state index contributed by atoms with van der Waals surface area (Å²) >= 11 is 0. The van der Waals surface area contributed by atoms with Crippen molar-refractivity contribution in [2.24, 2.45) is 11.3 Å². The summed E-state index contributed by atoms with van der Waals surface area (Å²) < 4.78 is 0. The van der Waals surface area contributed by atoms with Crippen LogP contribution in [0.15, 0.2) is 24.5 Å². The first-order valence-electron chi connectivity index (χ1n) is 9.43. The molecular weight excluding hydrogens is 316 g/mol. The summed E-state index contributed by atoms with van der Waals surface area (Å²) in [5.41, 5.74) is 0.732. The van der Waals surface area contributed by atoms with E-state index in [9.17, 15) is 9.59 Å². The first-order valence-corrected chi connectivity index (χ1v) is 9.43. The van der Waals surface area contributed by atoms with Crippen molar-refractivity contribution in [2.75, 3.05) is 18.4 Å². The zero-order valence-corrected chi connectivity index (χ0v) is 14.5. The molecule has 0 bridgehead atoms. The third kappa shape index (κ3) is 3.48. The topological polar surface area (TPSA) is 74.3 Å². The Kier molecular flexibility index (Phi) is 4.36. The van der Waals surface area contributed by atoms with Crippen LogP contribution in [0.1, 0.15) is 44.9 Å². The first-order chi connectivity index (χ1) is 12.2. The van der Waals surface area contributed by atoms with E-state index in [-0.39, 0.29) is 23.3 Å². The second-order valence-electron chi connectivity index (χ2n) is 7.81. The van der Waals surface area contributed by atoms with E-state index in [1.165, 1.54) is 19.3 Å². The van der Waals surface area contributed by atoms with Gasteiger partial charge in [0.15, 0.2) is 0 Å². The van der Waals surface area contributed by atoms with Gasteiger partial charge >= 0.3 is 6.03 Å². The molecule has 2 atom stereocenters. The van der Waals surface area contributed by atoms with Gasteiger partial charge < -0.3 is 15.5 Å². The highest BCUT2D eigenvalue weighted by Gasteiger charge is 2.61. The number of carbonyl (C=O) groups excluding carboxylic acids is 2. The fraction of sp³-hybridized carbons (Fsp3) is 0.632. The third-order valence-electron chi connectivity index (χ3n) is 6.04. The normalized spacial score (nSPS) is 28.8. The summed E-state index contributed by atoms with van der Waals surface area (Å²) in [7, 11) is 0. The summed E-state index contributed by atoms with van der Waals surface area (Å²) in [6.45, 7) is 1.46. The smallest absolute Gasteiger partial charge is 0.317 e. The number of carbonyl (C=O) groups is 2. The maximum atomic E-state index is 12.5. The van der Waals surface area contributed by atoms with Gasteiger partial charge in [0.2, 0.25) is 5.91 Å². The zero-order valence-electron chi connectivity index (χ0n) is 14.5. The lowest BCUT2D eigenvalue weighted by Gasteiger charge is -2.26. The highest BCUT2D eigenvalue weighted by molar-refractivity contribution is 5.95. The number of likely N-dealkylation sites (tertiary alicyclic amines) is 1. The number of hydrogen-bond acceptors (Lipinski definition) is 3.